The van der Waals surface area contributed by atoms with Crippen molar-refractivity contribution in [2.45, 2.75) is 97.2 Å². The second-order valence-corrected chi connectivity index (χ2v) is 11.5. The number of rotatable bonds is 4. The molecule has 0 aliphatic heterocycles. The minimum atomic E-state index is -0.255. The number of esters is 1. The first kappa shape index (κ1) is 21.6. The third-order valence-electron chi connectivity index (χ3n) is 10.4. The Kier molecular flexibility index (Phi) is 5.83. The van der Waals surface area contributed by atoms with Gasteiger partial charge in [-0.3, -0.25) is 4.79 Å². The van der Waals surface area contributed by atoms with Crippen LogP contribution in [0.25, 0.3) is 0 Å². The van der Waals surface area contributed by atoms with Crippen molar-refractivity contribution in [2.24, 2.45) is 46.3 Å². The van der Waals surface area contributed by atoms with Gasteiger partial charge in [0.2, 0.25) is 0 Å². The van der Waals surface area contributed by atoms with Gasteiger partial charge in [-0.25, -0.2) is 0 Å². The van der Waals surface area contributed by atoms with Crippen LogP contribution in [-0.2, 0) is 9.53 Å². The van der Waals surface area contributed by atoms with Gasteiger partial charge in [-0.15, -0.1) is 0 Å². The van der Waals surface area contributed by atoms with Crippen molar-refractivity contribution in [3.8, 4) is 0 Å². The molecule has 166 valence electrons. The lowest BCUT2D eigenvalue weighted by Gasteiger charge is -2.62. The van der Waals surface area contributed by atoms with E-state index in [0.717, 1.165) is 32.1 Å². The number of fused-ring (bicyclic) bond motifs is 5. The minimum absolute atomic E-state index is 0.0888. The summed E-state index contributed by atoms with van der Waals surface area (Å²) in [6.07, 6.45) is 9.77. The zero-order valence-corrected chi connectivity index (χ0v) is 18.9. The molecule has 0 aromatic carbocycles. The number of ether oxygens (including phenoxy) is 1. The van der Waals surface area contributed by atoms with E-state index >= 15 is 0 Å². The monoisotopic (exact) mass is 406 g/mol. The third-order valence-corrected chi connectivity index (χ3v) is 10.4. The summed E-state index contributed by atoms with van der Waals surface area (Å²) in [6, 6.07) is 0. The summed E-state index contributed by atoms with van der Waals surface area (Å²) in [6.45, 7) is 7.28. The summed E-state index contributed by atoms with van der Waals surface area (Å²) in [5, 5.41) is 21.3. The second kappa shape index (κ2) is 7.82. The molecule has 4 rings (SSSR count). The quantitative estimate of drug-likeness (QED) is 0.671. The van der Waals surface area contributed by atoms with Gasteiger partial charge in [0.1, 0.15) is 0 Å². The first-order valence-electron chi connectivity index (χ1n) is 12.1. The van der Waals surface area contributed by atoms with Crippen LogP contribution in [0.1, 0.15) is 85.0 Å². The summed E-state index contributed by atoms with van der Waals surface area (Å²) in [7, 11) is 1.48. The fraction of sp³-hybridized carbons (Fsp3) is 0.960. The van der Waals surface area contributed by atoms with Crippen LogP contribution < -0.4 is 0 Å². The molecule has 10 atom stereocenters. The molecule has 0 bridgehead atoms. The van der Waals surface area contributed by atoms with Crippen LogP contribution in [0.3, 0.4) is 0 Å². The van der Waals surface area contributed by atoms with Crippen molar-refractivity contribution in [1.29, 1.82) is 0 Å². The van der Waals surface area contributed by atoms with E-state index < -0.39 is 0 Å². The normalized spacial score (nSPS) is 50.2. The predicted molar refractivity (Wildman–Crippen MR) is 113 cm³/mol. The average molecular weight is 407 g/mol. The molecule has 0 unspecified atom stereocenters. The van der Waals surface area contributed by atoms with Crippen LogP contribution in [0.15, 0.2) is 0 Å². The van der Waals surface area contributed by atoms with E-state index in [2.05, 4.69) is 20.8 Å². The number of hydrogen-bond acceptors (Lipinski definition) is 4. The van der Waals surface area contributed by atoms with E-state index in [9.17, 15) is 15.0 Å². The zero-order valence-electron chi connectivity index (χ0n) is 18.9. The second-order valence-electron chi connectivity index (χ2n) is 11.5. The van der Waals surface area contributed by atoms with Crippen molar-refractivity contribution < 1.29 is 19.7 Å². The van der Waals surface area contributed by atoms with E-state index in [1.54, 1.807) is 0 Å². The van der Waals surface area contributed by atoms with Gasteiger partial charge in [-0.1, -0.05) is 20.8 Å². The fourth-order valence-corrected chi connectivity index (χ4v) is 8.90. The van der Waals surface area contributed by atoms with Gasteiger partial charge in [0.05, 0.1) is 19.3 Å². The smallest absolute Gasteiger partial charge is 0.305 e. The summed E-state index contributed by atoms with van der Waals surface area (Å²) < 4.78 is 4.86. The molecule has 4 saturated carbocycles. The topological polar surface area (TPSA) is 66.8 Å². The molecule has 4 nitrogen and oxygen atoms in total. The van der Waals surface area contributed by atoms with Crippen molar-refractivity contribution >= 4 is 5.97 Å². The molecule has 0 spiro atoms. The Morgan fingerprint density at radius 2 is 1.69 bits per heavy atom. The lowest BCUT2D eigenvalue weighted by molar-refractivity contribution is -0.172. The summed E-state index contributed by atoms with van der Waals surface area (Å²) in [5.74, 6) is 3.42. The maximum absolute atomic E-state index is 11.6. The van der Waals surface area contributed by atoms with E-state index in [-0.39, 0.29) is 29.5 Å². The van der Waals surface area contributed by atoms with Crippen LogP contribution in [0.4, 0.5) is 0 Å². The van der Waals surface area contributed by atoms with Crippen LogP contribution in [0.2, 0.25) is 0 Å². The van der Waals surface area contributed by atoms with Crippen molar-refractivity contribution in [1.82, 2.24) is 0 Å². The SMILES string of the molecule is COC(=O)CC[C@@H](C)[C@H]1CC[C@@H]2[C@H]3C[C@H](O)[C@@H]4C[C@H](O)CC[C@]4(C)[C@H]3CC[C@@]21C. The summed E-state index contributed by atoms with van der Waals surface area (Å²) in [4.78, 5) is 11.6. The molecule has 2 N–H and O–H groups in total. The molecule has 4 heteroatoms. The van der Waals surface area contributed by atoms with Gasteiger partial charge in [-0.2, -0.15) is 0 Å². The fourth-order valence-electron chi connectivity index (χ4n) is 8.90. The van der Waals surface area contributed by atoms with Gasteiger partial charge in [0.25, 0.3) is 0 Å². The van der Waals surface area contributed by atoms with Gasteiger partial charge in [0, 0.05) is 6.42 Å². The Balaban J connectivity index is 1.52. The summed E-state index contributed by atoms with van der Waals surface area (Å²) >= 11 is 0. The third kappa shape index (κ3) is 3.46. The Bertz CT molecular complexity index is 620. The minimum Gasteiger partial charge on any atom is -0.469 e. The highest BCUT2D eigenvalue weighted by atomic mass is 16.5. The van der Waals surface area contributed by atoms with Gasteiger partial charge in [-0.05, 0) is 104 Å². The van der Waals surface area contributed by atoms with Crippen LogP contribution >= 0.6 is 0 Å². The zero-order chi connectivity index (χ0) is 21.0. The van der Waals surface area contributed by atoms with Crippen LogP contribution in [0.5, 0.6) is 0 Å². The molecule has 0 aromatic rings. The van der Waals surface area contributed by atoms with Crippen molar-refractivity contribution in [3.63, 3.8) is 0 Å². The van der Waals surface area contributed by atoms with Crippen molar-refractivity contribution in [3.05, 3.63) is 0 Å². The number of aliphatic hydroxyl groups excluding tert-OH is 2. The molecule has 0 radical (unpaired) electrons. The van der Waals surface area contributed by atoms with Gasteiger partial charge >= 0.3 is 5.97 Å². The van der Waals surface area contributed by atoms with Gasteiger partial charge in [0.15, 0.2) is 0 Å². The van der Waals surface area contributed by atoms with E-state index in [1.807, 2.05) is 0 Å². The lowest BCUT2D eigenvalue weighted by atomic mass is 9.44. The van der Waals surface area contributed by atoms with Gasteiger partial charge < -0.3 is 14.9 Å². The molecular weight excluding hydrogens is 364 g/mol. The molecule has 4 aliphatic carbocycles. The van der Waals surface area contributed by atoms with Crippen molar-refractivity contribution in [2.75, 3.05) is 7.11 Å². The highest BCUT2D eigenvalue weighted by Crippen LogP contribution is 2.68. The number of aliphatic hydroxyl groups is 2. The van der Waals surface area contributed by atoms with Crippen LogP contribution in [-0.4, -0.2) is 35.5 Å². The molecule has 0 saturated heterocycles. The largest absolute Gasteiger partial charge is 0.469 e. The molecule has 29 heavy (non-hydrogen) atoms. The number of carbonyl (C=O) groups excluding carboxylic acids is 1. The average Bonchev–Trinajstić information content (AvgIpc) is 3.05. The lowest BCUT2D eigenvalue weighted by Crippen LogP contribution is -2.58. The summed E-state index contributed by atoms with van der Waals surface area (Å²) in [5.41, 5.74) is 0.533. The standard InChI is InChI=1S/C25H42O4/c1-15(5-8-23(28)29-4)18-6-7-19-17-14-22(27)21-13-16(26)9-11-25(21,3)20(17)10-12-24(18,19)2/h15-22,26-27H,5-14H2,1-4H3/t15-,16-,17-,18-,19-,20+,21+,22+,24-,25-/m1/s1. The highest BCUT2D eigenvalue weighted by Gasteiger charge is 2.62. The molecule has 0 aromatic heterocycles. The number of methoxy groups -OCH3 is 1. The Morgan fingerprint density at radius 3 is 2.41 bits per heavy atom. The van der Waals surface area contributed by atoms with E-state index in [1.165, 1.54) is 32.8 Å². The van der Waals surface area contributed by atoms with E-state index in [0.29, 0.717) is 41.4 Å². The van der Waals surface area contributed by atoms with Crippen LogP contribution in [0, 0.1) is 46.3 Å². The Hall–Kier alpha value is -0.610. The Morgan fingerprint density at radius 1 is 1.00 bits per heavy atom. The van der Waals surface area contributed by atoms with E-state index in [4.69, 9.17) is 4.74 Å². The maximum atomic E-state index is 11.6. The first-order valence-corrected chi connectivity index (χ1v) is 12.1. The maximum Gasteiger partial charge on any atom is 0.305 e. The highest BCUT2D eigenvalue weighted by molar-refractivity contribution is 5.69. The number of carbonyl (C=O) groups is 1. The molecular formula is C25H42O4. The molecule has 4 fully saturated rings. The number of hydrogen-bond donors (Lipinski definition) is 2. The molecule has 0 amide bonds. The Labute approximate surface area is 176 Å². The molecule has 0 heterocycles. The molecule has 4 aliphatic rings. The first-order chi connectivity index (χ1) is 13.7. The predicted octanol–water partition coefficient (Wildman–Crippen LogP) is 4.57.